The molecule has 602 valence electrons. The smallest absolute Gasteiger partial charge is 0.0542 e. The first kappa shape index (κ1) is 76.8. The van der Waals surface area contributed by atoms with Crippen LogP contribution < -0.4 is 14.7 Å². The molecule has 0 amide bonds. The molecule has 0 aliphatic carbocycles. The van der Waals surface area contributed by atoms with Crippen molar-refractivity contribution in [3.63, 3.8) is 0 Å². The third kappa shape index (κ3) is 14.2. The number of hydrogen-bond donors (Lipinski definition) is 0. The van der Waals surface area contributed by atoms with E-state index in [-0.39, 0.29) is 5.41 Å². The normalized spacial score (nSPS) is 11.6. The molecule has 5 nitrogen and oxygen atoms in total. The highest BCUT2D eigenvalue weighted by atomic mass is 15.2. The van der Waals surface area contributed by atoms with Crippen molar-refractivity contribution in [1.82, 2.24) is 9.13 Å². The van der Waals surface area contributed by atoms with Crippen molar-refractivity contribution in [3.8, 4) is 67.0 Å². The highest BCUT2D eigenvalue weighted by Crippen LogP contribution is 2.50. The number of benzene rings is 21. The summed E-state index contributed by atoms with van der Waals surface area (Å²) in [5, 5.41) is 14.8. The Balaban J connectivity index is 0.000000150. The molecule has 0 unspecified atom stereocenters. The number of hydrogen-bond acceptors (Lipinski definition) is 3. The van der Waals surface area contributed by atoms with Crippen LogP contribution in [0.2, 0.25) is 0 Å². The minimum Gasteiger partial charge on any atom is -0.310 e. The van der Waals surface area contributed by atoms with Gasteiger partial charge in [-0.3, -0.25) is 0 Å². The SMILES string of the molecule is CC(C)(C)c1ccc(-c2ccc(-c3c4ccccc4c(-c4ccc(-n5c6ccccc6c6cc(N(c7ccccc7)c7ccccc7)ccc65)cc4)c4ccccc34)cc2)cc1.c1ccc(-c2c3ccccc3c(-c3ccc(-n4c5ccc(N(c6ccccc6)c6ccccc6)cc5c5cc(N(c6ccccc6)c6ccccc6)ccc54)cc3)c3ccccc23)cc1. The van der Waals surface area contributed by atoms with Crippen LogP contribution in [-0.2, 0) is 5.41 Å². The molecule has 0 saturated heterocycles. The predicted octanol–water partition coefficient (Wildman–Crippen LogP) is 34.2. The van der Waals surface area contributed by atoms with E-state index in [1.807, 2.05) is 0 Å². The summed E-state index contributed by atoms with van der Waals surface area (Å²) in [6.45, 7) is 6.79. The van der Waals surface area contributed by atoms with E-state index in [9.17, 15) is 0 Å². The van der Waals surface area contributed by atoms with Crippen LogP contribution in [0.4, 0.5) is 51.2 Å². The molecule has 0 saturated carbocycles. The van der Waals surface area contributed by atoms with Gasteiger partial charge in [0.05, 0.1) is 22.1 Å². The molecule has 0 fully saturated rings. The molecular formula is C122H89N5. The quantitative estimate of drug-likeness (QED) is 0.0899. The van der Waals surface area contributed by atoms with E-state index in [1.54, 1.807) is 0 Å². The van der Waals surface area contributed by atoms with E-state index in [4.69, 9.17) is 0 Å². The maximum absolute atomic E-state index is 2.43. The lowest BCUT2D eigenvalue weighted by molar-refractivity contribution is 0.590. The van der Waals surface area contributed by atoms with Crippen LogP contribution in [0.15, 0.2) is 485 Å². The Bertz CT molecular complexity index is 7590. The fourth-order valence-electron chi connectivity index (χ4n) is 19.4. The molecule has 21 aromatic carbocycles. The maximum Gasteiger partial charge on any atom is 0.0542 e. The molecule has 127 heavy (non-hydrogen) atoms. The number of fused-ring (bicyclic) bond motifs is 10. The Morgan fingerprint density at radius 1 is 0.157 bits per heavy atom. The Morgan fingerprint density at radius 3 is 0.638 bits per heavy atom. The van der Waals surface area contributed by atoms with Crippen molar-refractivity contribution in [1.29, 1.82) is 0 Å². The molecule has 0 radical (unpaired) electrons. The zero-order valence-electron chi connectivity index (χ0n) is 70.9. The van der Waals surface area contributed by atoms with E-state index in [2.05, 4.69) is 530 Å². The Labute approximate surface area is 740 Å². The van der Waals surface area contributed by atoms with Crippen molar-refractivity contribution < 1.29 is 0 Å². The Morgan fingerprint density at radius 2 is 0.362 bits per heavy atom. The second-order valence-corrected chi connectivity index (χ2v) is 33.9. The molecule has 0 aliphatic heterocycles. The fraction of sp³-hybridized carbons (Fsp3) is 0.0328. The summed E-state index contributed by atoms with van der Waals surface area (Å²) in [5.41, 5.74) is 30.7. The monoisotopic (exact) mass is 1620 g/mol. The van der Waals surface area contributed by atoms with Gasteiger partial charge in [0.2, 0.25) is 0 Å². The number of nitrogens with zero attached hydrogens (tertiary/aromatic N) is 5. The highest BCUT2D eigenvalue weighted by Gasteiger charge is 2.26. The van der Waals surface area contributed by atoms with Gasteiger partial charge in [-0.05, 0) is 267 Å². The highest BCUT2D eigenvalue weighted by molar-refractivity contribution is 6.23. The van der Waals surface area contributed by atoms with Crippen LogP contribution in [0.25, 0.3) is 154 Å². The molecule has 0 spiro atoms. The molecular weight excluding hydrogens is 1540 g/mol. The van der Waals surface area contributed by atoms with Crippen molar-refractivity contribution in [3.05, 3.63) is 491 Å². The Kier molecular flexibility index (Phi) is 19.8. The third-order valence-electron chi connectivity index (χ3n) is 25.3. The zero-order valence-corrected chi connectivity index (χ0v) is 70.9. The zero-order chi connectivity index (χ0) is 84.9. The van der Waals surface area contributed by atoms with Crippen molar-refractivity contribution >= 4 is 138 Å². The number of aromatic nitrogens is 2. The van der Waals surface area contributed by atoms with Gasteiger partial charge in [-0.25, -0.2) is 0 Å². The van der Waals surface area contributed by atoms with Gasteiger partial charge in [0.25, 0.3) is 0 Å². The Hall–Kier alpha value is -16.3. The van der Waals surface area contributed by atoms with Gasteiger partial charge in [0.15, 0.2) is 0 Å². The van der Waals surface area contributed by atoms with Crippen LogP contribution in [0, 0.1) is 0 Å². The number of para-hydroxylation sites is 7. The van der Waals surface area contributed by atoms with Crippen molar-refractivity contribution in [2.75, 3.05) is 14.7 Å². The van der Waals surface area contributed by atoms with Crippen molar-refractivity contribution in [2.24, 2.45) is 0 Å². The topological polar surface area (TPSA) is 19.6 Å². The van der Waals surface area contributed by atoms with Gasteiger partial charge >= 0.3 is 0 Å². The largest absolute Gasteiger partial charge is 0.310 e. The van der Waals surface area contributed by atoms with Crippen LogP contribution in [-0.4, -0.2) is 9.13 Å². The number of anilines is 9. The molecule has 0 N–H and O–H groups in total. The first-order valence-corrected chi connectivity index (χ1v) is 43.9. The third-order valence-corrected chi connectivity index (χ3v) is 25.3. The first-order valence-electron chi connectivity index (χ1n) is 43.9. The molecule has 23 aromatic rings. The van der Waals surface area contributed by atoms with Crippen molar-refractivity contribution in [2.45, 2.75) is 26.2 Å². The summed E-state index contributed by atoms with van der Waals surface area (Å²) < 4.78 is 4.84. The van der Waals surface area contributed by atoms with Gasteiger partial charge in [-0.2, -0.15) is 0 Å². The molecule has 0 bridgehead atoms. The number of rotatable bonds is 16. The van der Waals surface area contributed by atoms with Gasteiger partial charge < -0.3 is 23.8 Å². The van der Waals surface area contributed by atoms with E-state index >= 15 is 0 Å². The first-order chi connectivity index (χ1) is 62.7. The van der Waals surface area contributed by atoms with Gasteiger partial charge in [0.1, 0.15) is 0 Å². The van der Waals surface area contributed by atoms with Crippen LogP contribution in [0.1, 0.15) is 26.3 Å². The summed E-state index contributed by atoms with van der Waals surface area (Å²) in [4.78, 5) is 7.03. The summed E-state index contributed by atoms with van der Waals surface area (Å²) in [7, 11) is 0. The molecule has 0 atom stereocenters. The summed E-state index contributed by atoms with van der Waals surface area (Å²) in [5.74, 6) is 0. The average molecular weight is 1630 g/mol. The van der Waals surface area contributed by atoms with Gasteiger partial charge in [-0.1, -0.05) is 348 Å². The molecule has 2 heterocycles. The summed E-state index contributed by atoms with van der Waals surface area (Å²) in [6.07, 6.45) is 0. The minimum absolute atomic E-state index is 0.130. The standard InChI is InChI=1S/C62H43N3.C60H46N2/c1-6-20-44(21-7-1)61-53-30-16-18-32-55(53)62(56-33-19-17-31-54(56)61)45-34-36-50(37-35-45)65-59-40-38-51(63(46-22-8-2-9-23-46)47-24-10-3-11-25-47)42-57(59)58-43-52(39-41-60(58)65)64(48-26-12-4-13-27-48)49-28-14-5-15-29-49;1-60(2,3)45-34-30-42(31-35-45)41-26-28-43(29-27-41)58-51-21-10-12-23-53(51)59(54-24-13-11-22-52(54)58)44-32-36-48(37-33-44)62-56-25-15-14-20-50(56)55-40-49(38-39-57(55)62)61(46-16-6-4-7-17-46)47-18-8-5-9-19-47/h1-43H;4-40H,1-3H3. The van der Waals surface area contributed by atoms with E-state index < -0.39 is 0 Å². The second-order valence-electron chi connectivity index (χ2n) is 33.9. The lowest BCUT2D eigenvalue weighted by Gasteiger charge is -2.26. The van der Waals surface area contributed by atoms with Gasteiger partial charge in [0, 0.05) is 84.1 Å². The van der Waals surface area contributed by atoms with Gasteiger partial charge in [-0.15, -0.1) is 0 Å². The average Bonchev–Trinajstić information content (AvgIpc) is 0.764. The molecule has 2 aromatic heterocycles. The van der Waals surface area contributed by atoms with E-state index in [0.29, 0.717) is 0 Å². The molecule has 0 aliphatic rings. The van der Waals surface area contributed by atoms with Crippen LogP contribution in [0.5, 0.6) is 0 Å². The van der Waals surface area contributed by atoms with Crippen LogP contribution >= 0.6 is 0 Å². The van der Waals surface area contributed by atoms with E-state index in [1.165, 1.54) is 137 Å². The summed E-state index contributed by atoms with van der Waals surface area (Å²) >= 11 is 0. The lowest BCUT2D eigenvalue weighted by atomic mass is 9.85. The predicted molar refractivity (Wildman–Crippen MR) is 542 cm³/mol. The summed E-state index contributed by atoms with van der Waals surface area (Å²) in [6, 6.07) is 176. The second kappa shape index (κ2) is 32.8. The fourth-order valence-corrected chi connectivity index (χ4v) is 19.4. The lowest BCUT2D eigenvalue weighted by Crippen LogP contribution is -2.10. The molecule has 5 heteroatoms. The van der Waals surface area contributed by atoms with E-state index in [0.717, 1.165) is 73.6 Å². The van der Waals surface area contributed by atoms with Crippen LogP contribution in [0.3, 0.4) is 0 Å². The maximum atomic E-state index is 2.43. The minimum atomic E-state index is 0.130. The molecule has 23 rings (SSSR count).